The van der Waals surface area contributed by atoms with Gasteiger partial charge in [0.2, 0.25) is 0 Å². The third-order valence-corrected chi connectivity index (χ3v) is 14.7. The number of allylic oxidation sites excluding steroid dienone is 2. The molecule has 0 bridgehead atoms. The maximum Gasteiger partial charge on any atom is 0.252 e. The van der Waals surface area contributed by atoms with Gasteiger partial charge in [-0.3, -0.25) is 0 Å². The number of rotatable bonds is 8. The lowest BCUT2D eigenvalue weighted by Gasteiger charge is -2.50. The molecular formula is C61H44B3N5. The molecule has 5 nitrogen and oxygen atoms in total. The van der Waals surface area contributed by atoms with Crippen molar-refractivity contribution in [3.63, 3.8) is 0 Å². The minimum absolute atomic E-state index is 0.0164. The van der Waals surface area contributed by atoms with Gasteiger partial charge in [-0.1, -0.05) is 174 Å². The van der Waals surface area contributed by atoms with Gasteiger partial charge in [-0.15, -0.1) is 0 Å². The lowest BCUT2D eigenvalue weighted by atomic mass is 9.31. The summed E-state index contributed by atoms with van der Waals surface area (Å²) in [6.07, 6.45) is 9.84. The molecule has 14 rings (SSSR count). The molecule has 4 heterocycles. The van der Waals surface area contributed by atoms with E-state index in [0.717, 1.165) is 46.1 Å². The molecule has 0 spiro atoms. The van der Waals surface area contributed by atoms with Gasteiger partial charge in [-0.25, -0.2) is 0 Å². The van der Waals surface area contributed by atoms with E-state index in [2.05, 4.69) is 271 Å². The van der Waals surface area contributed by atoms with Crippen LogP contribution in [0.5, 0.6) is 0 Å². The van der Waals surface area contributed by atoms with Gasteiger partial charge in [0.1, 0.15) is 0 Å². The second-order valence-electron chi connectivity index (χ2n) is 18.9. The molecule has 0 fully saturated rings. The fourth-order valence-corrected chi connectivity index (χ4v) is 11.9. The molecule has 1 atom stereocenters. The Morgan fingerprint density at radius 2 is 0.957 bits per heavy atom. The summed E-state index contributed by atoms with van der Waals surface area (Å²) in [7, 11) is 4.95. The molecule has 2 radical (unpaired) electrons. The van der Waals surface area contributed by atoms with Gasteiger partial charge >= 0.3 is 0 Å². The van der Waals surface area contributed by atoms with Crippen molar-refractivity contribution in [1.82, 2.24) is 0 Å². The van der Waals surface area contributed by atoms with E-state index < -0.39 is 0 Å². The number of fused-ring (bicyclic) bond motifs is 10. The van der Waals surface area contributed by atoms with Crippen molar-refractivity contribution in [2.24, 2.45) is 0 Å². The van der Waals surface area contributed by atoms with Crippen molar-refractivity contribution in [3.05, 3.63) is 224 Å². The Balaban J connectivity index is 1.14. The standard InChI is InChI=1S/C61H44B3N5/c1-61(36-20-5-21-37-61)69(42-26-10-4-11-27-42)43-38-48(65-40-22-6-2-7-23-40)54(49(39-43)66-41-24-8-3-9-25-41)55-56-59-58-60-57(55)63-45-29-13-17-33-51(45)68(60)53-35-19-15-31-47(53)64(58)46-30-14-18-34-52(46)67(59)50-32-16-12-28-44(50)62-56/h2-36,38-39,65-66H,37H2,1H3. The smallest absolute Gasteiger partial charge is 0.252 e. The van der Waals surface area contributed by atoms with Crippen LogP contribution in [0.25, 0.3) is 11.1 Å². The number of anilines is 12. The second kappa shape index (κ2) is 15.6. The highest BCUT2D eigenvalue weighted by atomic mass is 15.2. The SMILES string of the molecule is CC1(N(c2ccccc2)c2cc(Nc3ccccc3)c(-c3c4c5c6c7c3[B]c3ccccc3N7c3ccccc3B6c3ccccc3N5c3ccccc3[B]4)c(Nc3ccccc3)c2)C=CC=CC1. The molecule has 5 aliphatic rings. The molecule has 8 heteroatoms. The topological polar surface area (TPSA) is 33.8 Å². The van der Waals surface area contributed by atoms with E-state index in [1.165, 1.54) is 77.9 Å². The zero-order valence-corrected chi connectivity index (χ0v) is 38.1. The molecule has 1 aliphatic carbocycles. The monoisotopic (exact) mass is 879 g/mol. The Hall–Kier alpha value is -8.35. The van der Waals surface area contributed by atoms with E-state index in [0.29, 0.717) is 0 Å². The number of hydrogen-bond acceptors (Lipinski definition) is 5. The van der Waals surface area contributed by atoms with Crippen LogP contribution in [0.2, 0.25) is 0 Å². The fraction of sp³-hybridized carbons (Fsp3) is 0.0492. The predicted molar refractivity (Wildman–Crippen MR) is 295 cm³/mol. The minimum atomic E-state index is -0.356. The van der Waals surface area contributed by atoms with E-state index in [-0.39, 0.29) is 12.3 Å². The molecule has 0 saturated heterocycles. The highest BCUT2D eigenvalue weighted by molar-refractivity contribution is 7.02. The summed E-state index contributed by atoms with van der Waals surface area (Å²) in [5.74, 6) is 0. The fourth-order valence-electron chi connectivity index (χ4n) is 11.9. The first-order chi connectivity index (χ1) is 34.1. The van der Waals surface area contributed by atoms with Crippen LogP contribution in [-0.2, 0) is 0 Å². The van der Waals surface area contributed by atoms with Crippen molar-refractivity contribution < 1.29 is 0 Å². The molecular weight excluding hydrogens is 835 g/mol. The largest absolute Gasteiger partial charge is 0.355 e. The van der Waals surface area contributed by atoms with Gasteiger partial charge in [0.15, 0.2) is 14.6 Å². The number of benzene rings is 9. The maximum atomic E-state index is 4.08. The third kappa shape index (κ3) is 6.14. The van der Waals surface area contributed by atoms with Crippen LogP contribution in [0.4, 0.5) is 68.2 Å². The molecule has 1 unspecified atom stereocenters. The Morgan fingerprint density at radius 3 is 1.46 bits per heavy atom. The molecule has 4 aliphatic heterocycles. The lowest BCUT2D eigenvalue weighted by molar-refractivity contribution is 0.570. The quantitative estimate of drug-likeness (QED) is 0.149. The molecule has 2 N–H and O–H groups in total. The number of para-hydroxylation sites is 7. The van der Waals surface area contributed by atoms with Crippen molar-refractivity contribution >= 4 is 128 Å². The summed E-state index contributed by atoms with van der Waals surface area (Å²) in [6, 6.07) is 73.0. The van der Waals surface area contributed by atoms with Crippen LogP contribution in [0, 0.1) is 0 Å². The Morgan fingerprint density at radius 1 is 0.493 bits per heavy atom. The summed E-state index contributed by atoms with van der Waals surface area (Å²) < 4.78 is 0. The van der Waals surface area contributed by atoms with Gasteiger partial charge < -0.3 is 25.3 Å². The van der Waals surface area contributed by atoms with Crippen molar-refractivity contribution in [1.29, 1.82) is 0 Å². The second-order valence-corrected chi connectivity index (χ2v) is 18.9. The molecule has 9 aromatic rings. The first kappa shape index (κ1) is 39.8. The Bertz CT molecular complexity index is 3410. The summed E-state index contributed by atoms with van der Waals surface area (Å²) in [5.41, 5.74) is 24.1. The van der Waals surface area contributed by atoms with Crippen LogP contribution in [-0.4, -0.2) is 26.8 Å². The lowest BCUT2D eigenvalue weighted by Crippen LogP contribution is -2.67. The Kier molecular flexibility index (Phi) is 9.00. The summed E-state index contributed by atoms with van der Waals surface area (Å²) in [4.78, 5) is 7.67. The van der Waals surface area contributed by atoms with Crippen LogP contribution < -0.4 is 63.6 Å². The summed E-state index contributed by atoms with van der Waals surface area (Å²) >= 11 is 0. The average Bonchev–Trinajstić information content (AvgIpc) is 3.39. The van der Waals surface area contributed by atoms with E-state index in [1.807, 2.05) is 0 Å². The van der Waals surface area contributed by atoms with Crippen LogP contribution in [0.15, 0.2) is 224 Å². The van der Waals surface area contributed by atoms with E-state index in [1.54, 1.807) is 0 Å². The maximum absolute atomic E-state index is 4.08. The van der Waals surface area contributed by atoms with Crippen molar-refractivity contribution in [2.75, 3.05) is 25.3 Å². The van der Waals surface area contributed by atoms with Gasteiger partial charge in [-0.2, -0.15) is 0 Å². The third-order valence-electron chi connectivity index (χ3n) is 14.7. The van der Waals surface area contributed by atoms with E-state index >= 15 is 0 Å². The summed E-state index contributed by atoms with van der Waals surface area (Å²) in [6.45, 7) is 2.36. The van der Waals surface area contributed by atoms with E-state index in [9.17, 15) is 0 Å². The first-order valence-corrected chi connectivity index (χ1v) is 24.0. The van der Waals surface area contributed by atoms with Crippen LogP contribution >= 0.6 is 0 Å². The van der Waals surface area contributed by atoms with Crippen LogP contribution in [0.1, 0.15) is 13.3 Å². The van der Waals surface area contributed by atoms with Crippen LogP contribution in [0.3, 0.4) is 0 Å². The minimum Gasteiger partial charge on any atom is -0.355 e. The first-order valence-electron chi connectivity index (χ1n) is 24.0. The zero-order chi connectivity index (χ0) is 45.6. The molecule has 322 valence electrons. The van der Waals surface area contributed by atoms with Crippen molar-refractivity contribution in [2.45, 2.75) is 18.9 Å². The normalized spacial score (nSPS) is 15.9. The average molecular weight is 879 g/mol. The molecule has 69 heavy (non-hydrogen) atoms. The van der Waals surface area contributed by atoms with Gasteiger partial charge in [0.05, 0.1) is 16.9 Å². The molecule has 0 saturated carbocycles. The number of nitrogens with zero attached hydrogens (tertiary/aromatic N) is 3. The van der Waals surface area contributed by atoms with E-state index in [4.69, 9.17) is 0 Å². The van der Waals surface area contributed by atoms with Gasteiger partial charge in [0, 0.05) is 62.4 Å². The highest BCUT2D eigenvalue weighted by Gasteiger charge is 2.49. The van der Waals surface area contributed by atoms with Gasteiger partial charge in [-0.05, 0) is 108 Å². The molecule has 9 aromatic carbocycles. The van der Waals surface area contributed by atoms with Gasteiger partial charge in [0.25, 0.3) is 6.71 Å². The Labute approximate surface area is 405 Å². The molecule has 0 aromatic heterocycles. The predicted octanol–water partition coefficient (Wildman–Crippen LogP) is 10.3. The number of hydrogen-bond donors (Lipinski definition) is 2. The number of nitrogens with one attached hydrogen (secondary N) is 2. The highest BCUT2D eigenvalue weighted by Crippen LogP contribution is 2.50. The van der Waals surface area contributed by atoms with Crippen molar-refractivity contribution in [3.8, 4) is 11.1 Å². The molecule has 0 amide bonds. The zero-order valence-electron chi connectivity index (χ0n) is 38.1. The summed E-state index contributed by atoms with van der Waals surface area (Å²) in [5, 5.41) is 8.15.